The van der Waals surface area contributed by atoms with E-state index in [1.165, 1.54) is 28.6 Å². The van der Waals surface area contributed by atoms with E-state index < -0.39 is 0 Å². The van der Waals surface area contributed by atoms with Gasteiger partial charge in [0.15, 0.2) is 5.16 Å². The van der Waals surface area contributed by atoms with Crippen LogP contribution in [0.1, 0.15) is 43.3 Å². The molecular weight excluding hydrogens is 382 g/mol. The van der Waals surface area contributed by atoms with Crippen molar-refractivity contribution in [2.75, 3.05) is 17.7 Å². The Labute approximate surface area is 176 Å². The van der Waals surface area contributed by atoms with Crippen LogP contribution in [-0.2, 0) is 4.79 Å². The zero-order chi connectivity index (χ0) is 21.2. The molecule has 2 heterocycles. The first-order valence-corrected chi connectivity index (χ1v) is 10.5. The maximum absolute atomic E-state index is 12.1. The van der Waals surface area contributed by atoms with Crippen LogP contribution in [0, 0.1) is 13.8 Å². The highest BCUT2D eigenvalue weighted by atomic mass is 32.2. The monoisotopic (exact) mass is 409 g/mol. The molecular formula is C22H27N5OS. The number of likely N-dealkylation sites (N-methyl/N-ethyl adjacent to an activating group) is 1. The van der Waals surface area contributed by atoms with Crippen LogP contribution in [0.25, 0.3) is 5.57 Å². The van der Waals surface area contributed by atoms with Gasteiger partial charge in [0.05, 0.1) is 17.5 Å². The summed E-state index contributed by atoms with van der Waals surface area (Å²) in [5.41, 5.74) is 8.91. The van der Waals surface area contributed by atoms with Crippen LogP contribution in [0.3, 0.4) is 0 Å². The fourth-order valence-corrected chi connectivity index (χ4v) is 4.10. The van der Waals surface area contributed by atoms with E-state index in [0.717, 1.165) is 17.0 Å². The quantitative estimate of drug-likeness (QED) is 0.350. The Bertz CT molecular complexity index is 976. The van der Waals surface area contributed by atoms with Gasteiger partial charge in [-0.15, -0.1) is 0 Å². The third-order valence-corrected chi connectivity index (χ3v) is 5.79. The average Bonchev–Trinajstić information content (AvgIpc) is 2.63. The van der Waals surface area contributed by atoms with Crippen molar-refractivity contribution >= 4 is 35.1 Å². The lowest BCUT2D eigenvalue weighted by Gasteiger charge is -2.40. The van der Waals surface area contributed by atoms with Gasteiger partial charge in [0.1, 0.15) is 0 Å². The number of aryl methyl sites for hydroxylation is 2. The van der Waals surface area contributed by atoms with E-state index in [1.807, 2.05) is 26.0 Å². The van der Waals surface area contributed by atoms with Gasteiger partial charge in [0.25, 0.3) is 5.91 Å². The Balaban J connectivity index is 1.61. The Hall–Kier alpha value is -2.67. The molecule has 0 fully saturated rings. The van der Waals surface area contributed by atoms with Crippen molar-refractivity contribution < 1.29 is 4.79 Å². The minimum Gasteiger partial charge on any atom is -0.366 e. The van der Waals surface area contributed by atoms with Crippen molar-refractivity contribution in [3.05, 3.63) is 52.9 Å². The summed E-state index contributed by atoms with van der Waals surface area (Å²) >= 11 is 1.30. The van der Waals surface area contributed by atoms with Gasteiger partial charge in [-0.3, -0.25) is 4.79 Å². The zero-order valence-electron chi connectivity index (χ0n) is 17.8. The third-order valence-electron chi connectivity index (χ3n) is 4.94. The van der Waals surface area contributed by atoms with Gasteiger partial charge in [0.2, 0.25) is 0 Å². The molecule has 0 bridgehead atoms. The topological polar surface area (TPSA) is 70.5 Å². The van der Waals surface area contributed by atoms with Crippen molar-refractivity contribution in [3.63, 3.8) is 0 Å². The van der Waals surface area contributed by atoms with E-state index in [0.29, 0.717) is 5.16 Å². The molecule has 152 valence electrons. The normalized spacial score (nSPS) is 15.2. The summed E-state index contributed by atoms with van der Waals surface area (Å²) in [4.78, 5) is 23.0. The van der Waals surface area contributed by atoms with E-state index in [2.05, 4.69) is 71.4 Å². The van der Waals surface area contributed by atoms with Gasteiger partial charge < -0.3 is 4.90 Å². The molecule has 1 aromatic carbocycles. The predicted molar refractivity (Wildman–Crippen MR) is 121 cm³/mol. The van der Waals surface area contributed by atoms with Crippen molar-refractivity contribution in [2.24, 2.45) is 5.10 Å². The molecule has 0 radical (unpaired) electrons. The van der Waals surface area contributed by atoms with Gasteiger partial charge in [-0.05, 0) is 64.0 Å². The fraction of sp³-hybridized carbons (Fsp3) is 0.364. The van der Waals surface area contributed by atoms with Gasteiger partial charge in [-0.2, -0.15) is 5.10 Å². The summed E-state index contributed by atoms with van der Waals surface area (Å²) in [6.45, 7) is 10.4. The first kappa shape index (κ1) is 21.0. The Morgan fingerprint density at radius 3 is 2.59 bits per heavy atom. The van der Waals surface area contributed by atoms with Crippen LogP contribution in [0.5, 0.6) is 0 Å². The number of fused-ring (bicyclic) bond motifs is 1. The minimum absolute atomic E-state index is 0.0160. The number of anilines is 1. The number of allylic oxidation sites excluding steroid dienone is 1. The Morgan fingerprint density at radius 1 is 1.21 bits per heavy atom. The van der Waals surface area contributed by atoms with Gasteiger partial charge in [-0.1, -0.05) is 23.9 Å². The molecule has 1 amide bonds. The summed E-state index contributed by atoms with van der Waals surface area (Å²) in [7, 11) is 2.10. The first-order chi connectivity index (χ1) is 13.7. The number of thioether (sulfide) groups is 1. The zero-order valence-corrected chi connectivity index (χ0v) is 18.6. The number of amides is 1. The second kappa shape index (κ2) is 8.37. The lowest BCUT2D eigenvalue weighted by molar-refractivity contribution is -0.118. The maximum atomic E-state index is 12.1. The second-order valence-corrected chi connectivity index (χ2v) is 8.77. The summed E-state index contributed by atoms with van der Waals surface area (Å²) < 4.78 is 0. The van der Waals surface area contributed by atoms with Gasteiger partial charge in [-0.25, -0.2) is 15.4 Å². The van der Waals surface area contributed by atoms with Gasteiger partial charge in [0, 0.05) is 29.7 Å². The van der Waals surface area contributed by atoms with E-state index in [9.17, 15) is 4.79 Å². The largest absolute Gasteiger partial charge is 0.366 e. The molecule has 1 aliphatic rings. The standard InChI is InChI=1S/C22H27N5OS/c1-14-11-22(4,5)27(6)19-8-7-17(10-18(14)19)12-23-26-20(28)13-29-21-24-15(2)9-16(3)25-21/h7-12H,13H2,1-6H3,(H,26,28)/b23-12-. The molecule has 7 heteroatoms. The smallest absolute Gasteiger partial charge is 0.250 e. The molecule has 0 atom stereocenters. The number of aromatic nitrogens is 2. The SMILES string of the molecule is CC1=CC(C)(C)N(C)c2ccc(/C=N\NC(=O)CSc3nc(C)cc(C)n3)cc21. The molecule has 1 N–H and O–H groups in total. The number of hydrazone groups is 1. The van der Waals surface area contributed by atoms with E-state index in [-0.39, 0.29) is 17.2 Å². The highest BCUT2D eigenvalue weighted by molar-refractivity contribution is 7.99. The summed E-state index contributed by atoms with van der Waals surface area (Å²) in [5, 5.41) is 4.70. The molecule has 1 aliphatic heterocycles. The second-order valence-electron chi connectivity index (χ2n) is 7.83. The molecule has 0 saturated heterocycles. The molecule has 1 aromatic heterocycles. The van der Waals surface area contributed by atoms with Crippen molar-refractivity contribution in [3.8, 4) is 0 Å². The number of nitrogens with zero attached hydrogens (tertiary/aromatic N) is 4. The van der Waals surface area contributed by atoms with Crippen molar-refractivity contribution in [1.29, 1.82) is 0 Å². The average molecular weight is 410 g/mol. The lowest BCUT2D eigenvalue weighted by atomic mass is 9.89. The molecule has 0 aliphatic carbocycles. The van der Waals surface area contributed by atoms with Crippen molar-refractivity contribution in [2.45, 2.75) is 45.3 Å². The predicted octanol–water partition coefficient (Wildman–Crippen LogP) is 3.97. The first-order valence-electron chi connectivity index (χ1n) is 9.50. The van der Waals surface area contributed by atoms with Crippen LogP contribution >= 0.6 is 11.8 Å². The minimum atomic E-state index is -0.190. The number of nitrogens with one attached hydrogen (secondary N) is 1. The molecule has 2 aromatic rings. The maximum Gasteiger partial charge on any atom is 0.250 e. The summed E-state index contributed by atoms with van der Waals surface area (Å²) in [6.07, 6.45) is 3.94. The van der Waals surface area contributed by atoms with E-state index in [4.69, 9.17) is 0 Å². The van der Waals surface area contributed by atoms with E-state index >= 15 is 0 Å². The number of rotatable bonds is 5. The summed E-state index contributed by atoms with van der Waals surface area (Å²) in [6, 6.07) is 8.12. The highest BCUT2D eigenvalue weighted by Crippen LogP contribution is 2.37. The summed E-state index contributed by atoms with van der Waals surface area (Å²) in [5.74, 6) is 0.0242. The number of carbonyl (C=O) groups excluding carboxylic acids is 1. The number of benzene rings is 1. The van der Waals surface area contributed by atoms with Crippen LogP contribution in [-0.4, -0.2) is 40.4 Å². The third kappa shape index (κ3) is 5.03. The molecule has 0 saturated carbocycles. The lowest BCUT2D eigenvalue weighted by Crippen LogP contribution is -2.42. The fourth-order valence-electron chi connectivity index (χ4n) is 3.36. The Kier molecular flexibility index (Phi) is 6.07. The molecule has 0 unspecified atom stereocenters. The Morgan fingerprint density at radius 2 is 1.90 bits per heavy atom. The van der Waals surface area contributed by atoms with Crippen LogP contribution in [0.2, 0.25) is 0 Å². The molecule has 6 nitrogen and oxygen atoms in total. The molecule has 29 heavy (non-hydrogen) atoms. The van der Waals surface area contributed by atoms with Crippen LogP contribution in [0.4, 0.5) is 5.69 Å². The van der Waals surface area contributed by atoms with Crippen LogP contribution in [0.15, 0.2) is 40.6 Å². The number of hydrogen-bond acceptors (Lipinski definition) is 6. The van der Waals surface area contributed by atoms with Crippen LogP contribution < -0.4 is 10.3 Å². The molecule has 0 spiro atoms. The number of hydrogen-bond donors (Lipinski definition) is 1. The number of carbonyl (C=O) groups is 1. The van der Waals surface area contributed by atoms with Crippen molar-refractivity contribution in [1.82, 2.24) is 15.4 Å². The highest BCUT2D eigenvalue weighted by Gasteiger charge is 2.28. The molecule has 3 rings (SSSR count). The van der Waals surface area contributed by atoms with E-state index in [1.54, 1.807) is 6.21 Å². The van der Waals surface area contributed by atoms with Gasteiger partial charge >= 0.3 is 0 Å².